The van der Waals surface area contributed by atoms with Crippen molar-refractivity contribution in [2.75, 3.05) is 18.0 Å². The van der Waals surface area contributed by atoms with E-state index in [0.717, 1.165) is 35.0 Å². The van der Waals surface area contributed by atoms with Gasteiger partial charge in [-0.25, -0.2) is 0 Å². The smallest absolute Gasteiger partial charge is 0.160 e. The second-order valence-electron chi connectivity index (χ2n) is 5.08. The highest BCUT2D eigenvalue weighted by molar-refractivity contribution is 9.10. The first-order chi connectivity index (χ1) is 7.99. The molecule has 1 aliphatic rings. The molecule has 3 heteroatoms. The van der Waals surface area contributed by atoms with E-state index >= 15 is 0 Å². The van der Waals surface area contributed by atoms with Crippen molar-refractivity contribution in [3.63, 3.8) is 0 Å². The fourth-order valence-electron chi connectivity index (χ4n) is 2.33. The Kier molecular flexibility index (Phi) is 3.57. The summed E-state index contributed by atoms with van der Waals surface area (Å²) in [6, 6.07) is 6.02. The molecular formula is C14H18BrNO. The predicted molar refractivity (Wildman–Crippen MR) is 74.7 cm³/mol. The van der Waals surface area contributed by atoms with Gasteiger partial charge in [0.1, 0.15) is 0 Å². The van der Waals surface area contributed by atoms with Gasteiger partial charge in [0.15, 0.2) is 5.78 Å². The van der Waals surface area contributed by atoms with Gasteiger partial charge < -0.3 is 4.90 Å². The predicted octanol–water partition coefficient (Wildman–Crippen LogP) is 3.74. The number of carbonyl (C=O) groups excluding carboxylic acids is 1. The fourth-order valence-corrected chi connectivity index (χ4v) is 2.97. The highest BCUT2D eigenvalue weighted by Crippen LogP contribution is 2.30. The first kappa shape index (κ1) is 12.6. The molecule has 2 rings (SSSR count). The van der Waals surface area contributed by atoms with Crippen LogP contribution in [0.1, 0.15) is 31.1 Å². The van der Waals surface area contributed by atoms with Crippen LogP contribution in [0.25, 0.3) is 0 Å². The Hall–Kier alpha value is -0.830. The molecule has 17 heavy (non-hydrogen) atoms. The van der Waals surface area contributed by atoms with Crippen LogP contribution in [-0.4, -0.2) is 18.9 Å². The van der Waals surface area contributed by atoms with Gasteiger partial charge in [-0.15, -0.1) is 0 Å². The third-order valence-corrected chi connectivity index (χ3v) is 4.34. The number of hydrogen-bond acceptors (Lipinski definition) is 2. The van der Waals surface area contributed by atoms with Gasteiger partial charge in [-0.1, -0.05) is 13.8 Å². The lowest BCUT2D eigenvalue weighted by atomic mass is 10.0. The Balaban J connectivity index is 2.24. The highest BCUT2D eigenvalue weighted by atomic mass is 79.9. The topological polar surface area (TPSA) is 20.3 Å². The van der Waals surface area contributed by atoms with Gasteiger partial charge in [0.2, 0.25) is 0 Å². The molecule has 0 saturated carbocycles. The molecule has 2 nitrogen and oxygen atoms in total. The zero-order chi connectivity index (χ0) is 12.6. The van der Waals surface area contributed by atoms with Gasteiger partial charge in [0, 0.05) is 28.8 Å². The average Bonchev–Trinajstić information content (AvgIpc) is 2.58. The van der Waals surface area contributed by atoms with Gasteiger partial charge in [0.05, 0.1) is 0 Å². The quantitative estimate of drug-likeness (QED) is 0.775. The average molecular weight is 296 g/mol. The van der Waals surface area contributed by atoms with Crippen LogP contribution >= 0.6 is 15.9 Å². The lowest BCUT2D eigenvalue weighted by molar-refractivity contribution is 0.101. The minimum Gasteiger partial charge on any atom is -0.371 e. The number of rotatable bonds is 2. The van der Waals surface area contributed by atoms with Gasteiger partial charge in [-0.05, 0) is 52.9 Å². The van der Waals surface area contributed by atoms with E-state index in [0.29, 0.717) is 0 Å². The summed E-state index contributed by atoms with van der Waals surface area (Å²) in [4.78, 5) is 13.8. The molecule has 2 atom stereocenters. The molecule has 1 aromatic rings. The zero-order valence-electron chi connectivity index (χ0n) is 10.5. The van der Waals surface area contributed by atoms with Crippen LogP contribution in [0, 0.1) is 11.8 Å². The van der Waals surface area contributed by atoms with Crippen molar-refractivity contribution in [2.45, 2.75) is 20.8 Å². The number of ketones is 1. The number of anilines is 1. The number of benzene rings is 1. The Labute approximate surface area is 111 Å². The summed E-state index contributed by atoms with van der Waals surface area (Å²) in [5, 5.41) is 0. The second kappa shape index (κ2) is 4.81. The first-order valence-electron chi connectivity index (χ1n) is 6.04. The van der Waals surface area contributed by atoms with E-state index in [-0.39, 0.29) is 5.78 Å². The van der Waals surface area contributed by atoms with Crippen LogP contribution in [0.5, 0.6) is 0 Å². The summed E-state index contributed by atoms with van der Waals surface area (Å²) in [7, 11) is 0. The summed E-state index contributed by atoms with van der Waals surface area (Å²) in [5.74, 6) is 1.58. The molecular weight excluding hydrogens is 278 g/mol. The molecule has 0 N–H and O–H groups in total. The molecule has 1 saturated heterocycles. The van der Waals surface area contributed by atoms with Crippen LogP contribution in [-0.2, 0) is 0 Å². The van der Waals surface area contributed by atoms with Crippen LogP contribution in [0.4, 0.5) is 5.69 Å². The summed E-state index contributed by atoms with van der Waals surface area (Å²) in [6.07, 6.45) is 0. The van der Waals surface area contributed by atoms with E-state index in [1.807, 2.05) is 12.1 Å². The Morgan fingerprint density at radius 1 is 1.29 bits per heavy atom. The maximum absolute atomic E-state index is 11.4. The summed E-state index contributed by atoms with van der Waals surface area (Å²) in [5.41, 5.74) is 1.96. The maximum atomic E-state index is 11.4. The summed E-state index contributed by atoms with van der Waals surface area (Å²) < 4.78 is 0.898. The molecule has 0 radical (unpaired) electrons. The number of carbonyl (C=O) groups is 1. The number of halogens is 1. The van der Waals surface area contributed by atoms with Gasteiger partial charge >= 0.3 is 0 Å². The van der Waals surface area contributed by atoms with Gasteiger partial charge in [0.25, 0.3) is 0 Å². The van der Waals surface area contributed by atoms with E-state index in [1.54, 1.807) is 6.92 Å². The standard InChI is InChI=1S/C14H18BrNO/c1-9-7-16(8-10(9)2)12-4-5-13(11(3)17)14(15)6-12/h4-6,9-10H,7-8H2,1-3H3. The lowest BCUT2D eigenvalue weighted by Crippen LogP contribution is -2.19. The van der Waals surface area contributed by atoms with Crippen molar-refractivity contribution < 1.29 is 4.79 Å². The maximum Gasteiger partial charge on any atom is 0.160 e. The normalized spacial score (nSPS) is 24.1. The van der Waals surface area contributed by atoms with Crippen molar-refractivity contribution >= 4 is 27.4 Å². The molecule has 0 bridgehead atoms. The molecule has 0 spiro atoms. The molecule has 2 unspecified atom stereocenters. The van der Waals surface area contributed by atoms with Crippen LogP contribution in [0.2, 0.25) is 0 Å². The molecule has 0 aromatic heterocycles. The molecule has 1 heterocycles. The van der Waals surface area contributed by atoms with Crippen LogP contribution in [0.3, 0.4) is 0 Å². The molecule has 1 aromatic carbocycles. The van der Waals surface area contributed by atoms with Gasteiger partial charge in [-0.2, -0.15) is 0 Å². The number of hydrogen-bond donors (Lipinski definition) is 0. The van der Waals surface area contributed by atoms with Crippen LogP contribution < -0.4 is 4.90 Å². The zero-order valence-corrected chi connectivity index (χ0v) is 12.1. The van der Waals surface area contributed by atoms with E-state index in [2.05, 4.69) is 40.7 Å². The monoisotopic (exact) mass is 295 g/mol. The number of nitrogens with zero attached hydrogens (tertiary/aromatic N) is 1. The molecule has 0 aliphatic carbocycles. The van der Waals surface area contributed by atoms with E-state index in [1.165, 1.54) is 5.69 Å². The van der Waals surface area contributed by atoms with Gasteiger partial charge in [-0.3, -0.25) is 4.79 Å². The Morgan fingerprint density at radius 3 is 2.35 bits per heavy atom. The minimum atomic E-state index is 0.103. The second-order valence-corrected chi connectivity index (χ2v) is 5.93. The summed E-state index contributed by atoms with van der Waals surface area (Å²) >= 11 is 3.48. The molecule has 1 fully saturated rings. The van der Waals surface area contributed by atoms with E-state index < -0.39 is 0 Å². The first-order valence-corrected chi connectivity index (χ1v) is 6.83. The van der Waals surface area contributed by atoms with Crippen molar-refractivity contribution in [1.82, 2.24) is 0 Å². The highest BCUT2D eigenvalue weighted by Gasteiger charge is 2.26. The minimum absolute atomic E-state index is 0.103. The molecule has 1 aliphatic heterocycles. The molecule has 92 valence electrons. The van der Waals surface area contributed by atoms with Crippen molar-refractivity contribution in [2.24, 2.45) is 11.8 Å². The van der Waals surface area contributed by atoms with E-state index in [9.17, 15) is 4.79 Å². The fraction of sp³-hybridized carbons (Fsp3) is 0.500. The van der Waals surface area contributed by atoms with Crippen molar-refractivity contribution in [1.29, 1.82) is 0 Å². The van der Waals surface area contributed by atoms with Crippen LogP contribution in [0.15, 0.2) is 22.7 Å². The number of Topliss-reactive ketones (excluding diaryl/α,β-unsaturated/α-hetero) is 1. The lowest BCUT2D eigenvalue weighted by Gasteiger charge is -2.19. The third-order valence-electron chi connectivity index (χ3n) is 3.69. The van der Waals surface area contributed by atoms with Crippen molar-refractivity contribution in [3.8, 4) is 0 Å². The van der Waals surface area contributed by atoms with Crippen molar-refractivity contribution in [3.05, 3.63) is 28.2 Å². The SMILES string of the molecule is CC(=O)c1ccc(N2CC(C)C(C)C2)cc1Br. The third kappa shape index (κ3) is 2.54. The Bertz CT molecular complexity index is 434. The summed E-state index contributed by atoms with van der Waals surface area (Å²) in [6.45, 7) is 8.40. The van der Waals surface area contributed by atoms with E-state index in [4.69, 9.17) is 0 Å². The largest absolute Gasteiger partial charge is 0.371 e. The Morgan fingerprint density at radius 2 is 1.88 bits per heavy atom. The molecule has 0 amide bonds.